The maximum absolute atomic E-state index is 8.57. The molecule has 0 amide bonds. The van der Waals surface area contributed by atoms with Gasteiger partial charge in [-0.15, -0.1) is 0 Å². The number of rotatable bonds is 2. The molecule has 0 radical (unpaired) electrons. The number of nitrogens with zero attached hydrogens (tertiary/aromatic N) is 4. The molecule has 104 valence electrons. The molecule has 2 aromatic rings. The Labute approximate surface area is 118 Å². The van der Waals surface area contributed by atoms with E-state index in [0.717, 1.165) is 23.0 Å². The fourth-order valence-electron chi connectivity index (χ4n) is 1.34. The van der Waals surface area contributed by atoms with Gasteiger partial charge in [-0.05, 0) is 26.0 Å². The molecule has 6 nitrogen and oxygen atoms in total. The highest BCUT2D eigenvalue weighted by Gasteiger charge is 1.97. The molecule has 0 aliphatic rings. The normalized spacial score (nSPS) is 8.95. The van der Waals surface area contributed by atoms with Gasteiger partial charge in [0.1, 0.15) is 17.7 Å². The molecule has 2 aromatic heterocycles. The van der Waals surface area contributed by atoms with Gasteiger partial charge in [0, 0.05) is 14.1 Å². The Morgan fingerprint density at radius 1 is 1.00 bits per heavy atom. The highest BCUT2D eigenvalue weighted by Crippen LogP contribution is 2.07. The van der Waals surface area contributed by atoms with Gasteiger partial charge in [0.15, 0.2) is 0 Å². The molecule has 0 spiro atoms. The molecule has 0 bridgehead atoms. The van der Waals surface area contributed by atoms with Crippen LogP contribution in [0.2, 0.25) is 0 Å². The van der Waals surface area contributed by atoms with Crippen LogP contribution in [0.4, 0.5) is 11.6 Å². The minimum absolute atomic E-state index is 0.629. The van der Waals surface area contributed by atoms with Crippen molar-refractivity contribution in [3.05, 3.63) is 41.5 Å². The maximum Gasteiger partial charge on any atom is 0.144 e. The number of aryl methyl sites for hydroxylation is 2. The van der Waals surface area contributed by atoms with Gasteiger partial charge in [-0.2, -0.15) is 5.26 Å². The smallest absolute Gasteiger partial charge is 0.144 e. The Balaban J connectivity index is 0.000000204. The van der Waals surface area contributed by atoms with Gasteiger partial charge in [-0.25, -0.2) is 9.97 Å². The van der Waals surface area contributed by atoms with Gasteiger partial charge in [-0.3, -0.25) is 4.98 Å². The van der Waals surface area contributed by atoms with Crippen molar-refractivity contribution in [2.24, 2.45) is 0 Å². The molecule has 0 saturated carbocycles. The Morgan fingerprint density at radius 3 is 2.15 bits per heavy atom. The third-order valence-electron chi connectivity index (χ3n) is 2.50. The molecule has 2 heterocycles. The van der Waals surface area contributed by atoms with E-state index in [1.165, 1.54) is 0 Å². The van der Waals surface area contributed by atoms with Gasteiger partial charge in [-0.1, -0.05) is 0 Å². The van der Waals surface area contributed by atoms with Crippen LogP contribution in [0.1, 0.15) is 17.0 Å². The highest BCUT2D eigenvalue weighted by molar-refractivity contribution is 5.42. The van der Waals surface area contributed by atoms with Crippen LogP contribution >= 0.6 is 0 Å². The van der Waals surface area contributed by atoms with Gasteiger partial charge in [0.25, 0.3) is 0 Å². The molecule has 0 saturated heterocycles. The lowest BCUT2D eigenvalue weighted by Gasteiger charge is -2.00. The lowest BCUT2D eigenvalue weighted by molar-refractivity contribution is 1.11. The third kappa shape index (κ3) is 4.53. The molecule has 20 heavy (non-hydrogen) atoms. The van der Waals surface area contributed by atoms with Crippen molar-refractivity contribution >= 4 is 11.6 Å². The Hall–Kier alpha value is -2.68. The summed E-state index contributed by atoms with van der Waals surface area (Å²) in [6.07, 6.45) is 3.43. The number of nitriles is 1. The maximum atomic E-state index is 8.57. The first-order valence-electron chi connectivity index (χ1n) is 6.12. The van der Waals surface area contributed by atoms with E-state index in [4.69, 9.17) is 5.26 Å². The fourth-order valence-corrected chi connectivity index (χ4v) is 1.34. The minimum atomic E-state index is 0.629. The van der Waals surface area contributed by atoms with E-state index in [-0.39, 0.29) is 0 Å². The van der Waals surface area contributed by atoms with E-state index in [2.05, 4.69) is 31.7 Å². The molecule has 0 fully saturated rings. The van der Waals surface area contributed by atoms with E-state index in [0.29, 0.717) is 5.56 Å². The molecular weight excluding hydrogens is 252 g/mol. The van der Waals surface area contributed by atoms with Gasteiger partial charge in [0.05, 0.1) is 29.3 Å². The summed E-state index contributed by atoms with van der Waals surface area (Å²) in [7, 11) is 3.62. The summed E-state index contributed by atoms with van der Waals surface area (Å²) < 4.78 is 0. The number of pyridine rings is 1. The molecule has 0 aliphatic carbocycles. The number of anilines is 2. The fraction of sp³-hybridized carbons (Fsp3) is 0.286. The van der Waals surface area contributed by atoms with Crippen LogP contribution in [-0.4, -0.2) is 29.0 Å². The van der Waals surface area contributed by atoms with Crippen molar-refractivity contribution < 1.29 is 0 Å². The quantitative estimate of drug-likeness (QED) is 0.869. The third-order valence-corrected chi connectivity index (χ3v) is 2.50. The van der Waals surface area contributed by atoms with Crippen LogP contribution in [0.5, 0.6) is 0 Å². The van der Waals surface area contributed by atoms with Crippen LogP contribution < -0.4 is 10.6 Å². The Kier molecular flexibility index (Phi) is 5.91. The van der Waals surface area contributed by atoms with Crippen molar-refractivity contribution in [1.82, 2.24) is 15.0 Å². The molecule has 2 N–H and O–H groups in total. The molecule has 6 heteroatoms. The molecule has 0 aromatic carbocycles. The Bertz CT molecular complexity index is 586. The summed E-state index contributed by atoms with van der Waals surface area (Å²) in [5.41, 5.74) is 2.33. The van der Waals surface area contributed by atoms with Gasteiger partial charge < -0.3 is 10.6 Å². The predicted molar refractivity (Wildman–Crippen MR) is 79.6 cm³/mol. The van der Waals surface area contributed by atoms with E-state index in [1.54, 1.807) is 31.6 Å². The minimum Gasteiger partial charge on any atom is -0.373 e. The molecule has 0 atom stereocenters. The number of hydrogen-bond donors (Lipinski definition) is 2. The topological polar surface area (TPSA) is 86.5 Å². The van der Waals surface area contributed by atoms with Crippen molar-refractivity contribution in [3.8, 4) is 6.07 Å². The summed E-state index contributed by atoms with van der Waals surface area (Å²) >= 11 is 0. The van der Waals surface area contributed by atoms with Crippen molar-refractivity contribution in [3.63, 3.8) is 0 Å². The zero-order valence-electron chi connectivity index (χ0n) is 12.1. The van der Waals surface area contributed by atoms with Gasteiger partial charge in [0.2, 0.25) is 0 Å². The summed E-state index contributed by atoms with van der Waals surface area (Å²) in [6.45, 7) is 3.73. The first kappa shape index (κ1) is 15.4. The van der Waals surface area contributed by atoms with E-state index in [1.807, 2.05) is 20.9 Å². The van der Waals surface area contributed by atoms with Crippen LogP contribution in [0, 0.1) is 25.2 Å². The van der Waals surface area contributed by atoms with E-state index in [9.17, 15) is 0 Å². The lowest BCUT2D eigenvalue weighted by Crippen LogP contribution is -1.95. The standard InChI is InChI=1S/C8H9N3.C6H9N3/c1-6-7(5-9)3-4-8(10-2)11-6;1-5-3-9-6(7-2)4-8-5/h3-4H,1-2H3,(H,10,11);3-4H,1-2H3,(H,7,9). The zero-order chi connectivity index (χ0) is 15.0. The monoisotopic (exact) mass is 270 g/mol. The summed E-state index contributed by atoms with van der Waals surface area (Å²) in [4.78, 5) is 12.2. The zero-order valence-corrected chi connectivity index (χ0v) is 12.1. The second kappa shape index (κ2) is 7.69. The lowest BCUT2D eigenvalue weighted by atomic mass is 10.2. The number of aromatic nitrogens is 3. The van der Waals surface area contributed by atoms with Crippen LogP contribution in [0.3, 0.4) is 0 Å². The van der Waals surface area contributed by atoms with Crippen LogP contribution in [-0.2, 0) is 0 Å². The largest absolute Gasteiger partial charge is 0.373 e. The Morgan fingerprint density at radius 2 is 1.70 bits per heavy atom. The SMILES string of the molecule is CNc1ccc(C#N)c(C)n1.CNc1cnc(C)cn1. The van der Waals surface area contributed by atoms with Crippen molar-refractivity contribution in [2.75, 3.05) is 24.7 Å². The first-order valence-corrected chi connectivity index (χ1v) is 6.12. The second-order valence-electron chi connectivity index (χ2n) is 3.98. The van der Waals surface area contributed by atoms with Crippen LogP contribution in [0.15, 0.2) is 24.5 Å². The average Bonchev–Trinajstić information content (AvgIpc) is 2.48. The van der Waals surface area contributed by atoms with E-state index >= 15 is 0 Å². The van der Waals surface area contributed by atoms with Crippen molar-refractivity contribution in [1.29, 1.82) is 5.26 Å². The number of hydrogen-bond acceptors (Lipinski definition) is 6. The highest BCUT2D eigenvalue weighted by atomic mass is 15.0. The van der Waals surface area contributed by atoms with Crippen LogP contribution in [0.25, 0.3) is 0 Å². The molecular formula is C14H18N6. The summed E-state index contributed by atoms with van der Waals surface area (Å²) in [5.74, 6) is 1.60. The summed E-state index contributed by atoms with van der Waals surface area (Å²) in [5, 5.41) is 14.4. The average molecular weight is 270 g/mol. The second-order valence-corrected chi connectivity index (χ2v) is 3.98. The molecule has 0 unspecified atom stereocenters. The number of nitrogens with one attached hydrogen (secondary N) is 2. The van der Waals surface area contributed by atoms with Crippen molar-refractivity contribution in [2.45, 2.75) is 13.8 Å². The van der Waals surface area contributed by atoms with E-state index < -0.39 is 0 Å². The predicted octanol–water partition coefficient (Wildman–Crippen LogP) is 2.13. The summed E-state index contributed by atoms with van der Waals surface area (Å²) in [6, 6.07) is 5.60. The molecule has 0 aliphatic heterocycles. The van der Waals surface area contributed by atoms with Gasteiger partial charge >= 0.3 is 0 Å². The molecule has 2 rings (SSSR count). The first-order chi connectivity index (χ1) is 9.60.